The Morgan fingerprint density at radius 3 is 1.83 bits per heavy atom. The van der Waals surface area contributed by atoms with Crippen molar-refractivity contribution >= 4 is 6.21 Å². The summed E-state index contributed by atoms with van der Waals surface area (Å²) >= 11 is 0. The van der Waals surface area contributed by atoms with E-state index >= 15 is 0 Å². The first-order chi connectivity index (χ1) is 5.81. The average molecular weight is 169 g/mol. The van der Waals surface area contributed by atoms with Crippen molar-refractivity contribution in [2.45, 2.75) is 34.6 Å². The highest BCUT2D eigenvalue weighted by atomic mass is 14.6. The minimum atomic E-state index is 1.13. The molecule has 0 aromatic carbocycles. The van der Waals surface area contributed by atoms with Gasteiger partial charge in [-0.2, -0.15) is 0 Å². The molecule has 0 aromatic heterocycles. The Hall–Kier alpha value is -0.850. The summed E-state index contributed by atoms with van der Waals surface area (Å²) in [5.41, 5.74) is 1.13. The van der Waals surface area contributed by atoms with Crippen molar-refractivity contribution in [1.82, 2.24) is 0 Å². The van der Waals surface area contributed by atoms with Crippen molar-refractivity contribution in [3.63, 3.8) is 0 Å². The molecule has 0 amide bonds. The third kappa shape index (κ3) is 22.9. The van der Waals surface area contributed by atoms with Crippen LogP contribution < -0.4 is 0 Å². The van der Waals surface area contributed by atoms with Gasteiger partial charge >= 0.3 is 0 Å². The SMILES string of the molecule is C=C/C(C)=C\C=NC.CC.CC. The van der Waals surface area contributed by atoms with E-state index in [1.165, 1.54) is 0 Å². The summed E-state index contributed by atoms with van der Waals surface area (Å²) in [6.45, 7) is 13.6. The van der Waals surface area contributed by atoms with Gasteiger partial charge in [0.15, 0.2) is 0 Å². The molecule has 0 spiro atoms. The first-order valence-electron chi connectivity index (χ1n) is 4.52. The van der Waals surface area contributed by atoms with Crippen molar-refractivity contribution in [2.75, 3.05) is 7.05 Å². The largest absolute Gasteiger partial charge is 0.297 e. The van der Waals surface area contributed by atoms with Gasteiger partial charge in [0.25, 0.3) is 0 Å². The average Bonchev–Trinajstić information content (AvgIpc) is 2.20. The van der Waals surface area contributed by atoms with Gasteiger partial charge in [0.1, 0.15) is 0 Å². The standard InChI is InChI=1S/C7H11N.2C2H6/c1-4-7(2)5-6-8-3;2*1-2/h4-6H,1H2,2-3H3;2*1-2H3/b7-5-,8-6?;;. The molecule has 0 heterocycles. The van der Waals surface area contributed by atoms with Gasteiger partial charge in [-0.25, -0.2) is 0 Å². The maximum atomic E-state index is 3.77. The molecule has 0 N–H and O–H groups in total. The van der Waals surface area contributed by atoms with Gasteiger partial charge < -0.3 is 0 Å². The Kier molecular flexibility index (Phi) is 32.4. The summed E-state index contributed by atoms with van der Waals surface area (Å²) < 4.78 is 0. The Morgan fingerprint density at radius 1 is 1.17 bits per heavy atom. The zero-order chi connectivity index (χ0) is 10.4. The number of nitrogens with zero attached hydrogens (tertiary/aromatic N) is 1. The van der Waals surface area contributed by atoms with E-state index in [0.717, 1.165) is 5.57 Å². The molecule has 0 aromatic rings. The summed E-state index contributed by atoms with van der Waals surface area (Å²) in [6, 6.07) is 0. The van der Waals surface area contributed by atoms with Crippen LogP contribution in [0.4, 0.5) is 0 Å². The Morgan fingerprint density at radius 2 is 1.58 bits per heavy atom. The number of hydrogen-bond acceptors (Lipinski definition) is 1. The van der Waals surface area contributed by atoms with E-state index in [2.05, 4.69) is 11.6 Å². The van der Waals surface area contributed by atoms with Crippen molar-refractivity contribution in [3.8, 4) is 0 Å². The van der Waals surface area contributed by atoms with Gasteiger partial charge in [0.2, 0.25) is 0 Å². The van der Waals surface area contributed by atoms with E-state index in [1.807, 2.05) is 40.7 Å². The molecular weight excluding hydrogens is 146 g/mol. The maximum absolute atomic E-state index is 3.77. The summed E-state index contributed by atoms with van der Waals surface area (Å²) in [5.74, 6) is 0. The van der Waals surface area contributed by atoms with Crippen LogP contribution in [0.2, 0.25) is 0 Å². The lowest BCUT2D eigenvalue weighted by Gasteiger charge is -1.81. The van der Waals surface area contributed by atoms with Crippen LogP contribution in [0.25, 0.3) is 0 Å². The number of aliphatic imine (C=N–C) groups is 1. The van der Waals surface area contributed by atoms with Crippen LogP contribution in [0.15, 0.2) is 29.3 Å². The lowest BCUT2D eigenvalue weighted by molar-refractivity contribution is 1.46. The highest BCUT2D eigenvalue weighted by Crippen LogP contribution is 1.88. The summed E-state index contributed by atoms with van der Waals surface area (Å²) in [4.78, 5) is 3.77. The highest BCUT2D eigenvalue weighted by Gasteiger charge is 1.70. The smallest absolute Gasteiger partial charge is 0.0277 e. The fourth-order valence-corrected chi connectivity index (χ4v) is 0.260. The second-order valence-electron chi connectivity index (χ2n) is 1.52. The van der Waals surface area contributed by atoms with Gasteiger partial charge in [0.05, 0.1) is 0 Å². The number of allylic oxidation sites excluding steroid dienone is 3. The van der Waals surface area contributed by atoms with Crippen LogP contribution in [0.5, 0.6) is 0 Å². The van der Waals surface area contributed by atoms with Crippen molar-refractivity contribution in [1.29, 1.82) is 0 Å². The molecule has 0 rings (SSSR count). The van der Waals surface area contributed by atoms with Crippen LogP contribution in [-0.2, 0) is 0 Å². The predicted molar refractivity (Wildman–Crippen MR) is 61.1 cm³/mol. The minimum absolute atomic E-state index is 1.13. The molecular formula is C11H23N. The summed E-state index contributed by atoms with van der Waals surface area (Å²) in [6.07, 6.45) is 5.45. The molecule has 12 heavy (non-hydrogen) atoms. The topological polar surface area (TPSA) is 12.4 Å². The highest BCUT2D eigenvalue weighted by molar-refractivity contribution is 5.72. The van der Waals surface area contributed by atoms with Crippen LogP contribution >= 0.6 is 0 Å². The van der Waals surface area contributed by atoms with Crippen molar-refractivity contribution < 1.29 is 0 Å². The monoisotopic (exact) mass is 169 g/mol. The zero-order valence-corrected chi connectivity index (χ0v) is 9.39. The number of rotatable bonds is 2. The zero-order valence-electron chi connectivity index (χ0n) is 9.39. The quantitative estimate of drug-likeness (QED) is 0.439. The molecule has 0 atom stereocenters. The summed E-state index contributed by atoms with van der Waals surface area (Å²) in [7, 11) is 1.74. The maximum Gasteiger partial charge on any atom is 0.0277 e. The molecule has 0 aliphatic carbocycles. The van der Waals surface area contributed by atoms with Crippen molar-refractivity contribution in [3.05, 3.63) is 24.3 Å². The van der Waals surface area contributed by atoms with E-state index in [9.17, 15) is 0 Å². The van der Waals surface area contributed by atoms with Crippen LogP contribution in [0.3, 0.4) is 0 Å². The van der Waals surface area contributed by atoms with Crippen LogP contribution in [0.1, 0.15) is 34.6 Å². The van der Waals surface area contributed by atoms with Gasteiger partial charge in [-0.15, -0.1) is 0 Å². The Balaban J connectivity index is -0.000000175. The molecule has 0 bridgehead atoms. The number of hydrogen-bond donors (Lipinski definition) is 0. The molecule has 0 saturated carbocycles. The molecule has 0 aliphatic rings. The fraction of sp³-hybridized carbons (Fsp3) is 0.545. The first kappa shape index (κ1) is 17.3. The summed E-state index contributed by atoms with van der Waals surface area (Å²) in [5, 5.41) is 0. The minimum Gasteiger partial charge on any atom is -0.297 e. The van der Waals surface area contributed by atoms with Crippen molar-refractivity contribution in [2.24, 2.45) is 4.99 Å². The molecule has 1 nitrogen and oxygen atoms in total. The second-order valence-corrected chi connectivity index (χ2v) is 1.52. The second kappa shape index (κ2) is 22.5. The first-order valence-corrected chi connectivity index (χ1v) is 4.52. The Bertz CT molecular complexity index is 121. The van der Waals surface area contributed by atoms with Gasteiger partial charge in [0, 0.05) is 13.3 Å². The van der Waals surface area contributed by atoms with E-state index in [1.54, 1.807) is 19.3 Å². The van der Waals surface area contributed by atoms with Crippen LogP contribution in [-0.4, -0.2) is 13.3 Å². The molecule has 0 radical (unpaired) electrons. The van der Waals surface area contributed by atoms with Gasteiger partial charge in [-0.1, -0.05) is 45.9 Å². The predicted octanol–water partition coefficient (Wildman–Crippen LogP) is 3.87. The van der Waals surface area contributed by atoms with E-state index in [-0.39, 0.29) is 0 Å². The third-order valence-corrected chi connectivity index (χ3v) is 0.808. The van der Waals surface area contributed by atoms with Gasteiger partial charge in [-0.05, 0) is 13.0 Å². The lowest BCUT2D eigenvalue weighted by Crippen LogP contribution is -1.67. The normalized spacial score (nSPS) is 9.33. The molecule has 0 fully saturated rings. The molecule has 0 aliphatic heterocycles. The lowest BCUT2D eigenvalue weighted by atomic mass is 10.3. The Labute approximate surface area is 77.9 Å². The molecule has 0 saturated heterocycles. The molecule has 0 unspecified atom stereocenters. The van der Waals surface area contributed by atoms with Crippen LogP contribution in [0, 0.1) is 0 Å². The van der Waals surface area contributed by atoms with E-state index in [0.29, 0.717) is 0 Å². The van der Waals surface area contributed by atoms with Gasteiger partial charge in [-0.3, -0.25) is 4.99 Å². The third-order valence-electron chi connectivity index (χ3n) is 0.808. The molecule has 72 valence electrons. The fourth-order valence-electron chi connectivity index (χ4n) is 0.260. The van der Waals surface area contributed by atoms with E-state index in [4.69, 9.17) is 0 Å². The van der Waals surface area contributed by atoms with E-state index < -0.39 is 0 Å². The molecule has 1 heteroatoms.